The molecule has 0 N–H and O–H groups in total. The Kier molecular flexibility index (Phi) is 5.16. The van der Waals surface area contributed by atoms with Gasteiger partial charge in [0.15, 0.2) is 0 Å². The van der Waals surface area contributed by atoms with E-state index in [9.17, 15) is 9.59 Å². The van der Waals surface area contributed by atoms with Crippen molar-refractivity contribution in [1.82, 2.24) is 0 Å². The van der Waals surface area contributed by atoms with Gasteiger partial charge in [0.05, 0.1) is 21.5 Å². The number of carbonyl (C=O) groups is 2. The number of alkyl halides is 6. The lowest BCUT2D eigenvalue weighted by molar-refractivity contribution is -0.229. The van der Waals surface area contributed by atoms with Gasteiger partial charge in [-0.1, -0.05) is 0 Å². The lowest BCUT2D eigenvalue weighted by Gasteiger charge is -2.52. The van der Waals surface area contributed by atoms with Crippen molar-refractivity contribution in [2.75, 3.05) is 0 Å². The van der Waals surface area contributed by atoms with Crippen LogP contribution in [0.3, 0.4) is 0 Å². The predicted molar refractivity (Wildman–Crippen MR) is 85.2 cm³/mol. The van der Waals surface area contributed by atoms with Crippen molar-refractivity contribution in [1.29, 1.82) is 0 Å². The summed E-state index contributed by atoms with van der Waals surface area (Å²) in [6.07, 6.45) is -3.18. The molecular formula is C12H10Cl6O4. The Bertz CT molecular complexity index is 460. The van der Waals surface area contributed by atoms with Gasteiger partial charge < -0.3 is 9.47 Å². The monoisotopic (exact) mass is 428 g/mol. The highest BCUT2D eigenvalue weighted by atomic mass is 35.5. The maximum atomic E-state index is 11.8. The number of rotatable bonds is 0. The topological polar surface area (TPSA) is 52.6 Å². The Labute approximate surface area is 156 Å². The fourth-order valence-electron chi connectivity index (χ4n) is 2.94. The third-order valence-corrected chi connectivity index (χ3v) is 7.54. The molecule has 3 aliphatic rings. The first-order valence-corrected chi connectivity index (χ1v) is 9.11. The molecule has 124 valence electrons. The van der Waals surface area contributed by atoms with E-state index in [2.05, 4.69) is 0 Å². The molecule has 22 heavy (non-hydrogen) atoms. The van der Waals surface area contributed by atoms with Crippen LogP contribution < -0.4 is 0 Å². The smallest absolute Gasteiger partial charge is 0.220 e. The number of halogens is 6. The maximum Gasteiger partial charge on any atom is 0.220 e. The molecule has 0 amide bonds. The Morgan fingerprint density at radius 3 is 1.18 bits per heavy atom. The Morgan fingerprint density at radius 2 is 0.864 bits per heavy atom. The summed E-state index contributed by atoms with van der Waals surface area (Å²) in [7, 11) is 0. The molecule has 0 radical (unpaired) electrons. The second-order valence-electron chi connectivity index (χ2n) is 5.44. The van der Waals surface area contributed by atoms with Crippen LogP contribution in [-0.4, -0.2) is 68.2 Å². The van der Waals surface area contributed by atoms with E-state index in [-0.39, 0.29) is 0 Å². The van der Waals surface area contributed by atoms with Crippen LogP contribution in [0.15, 0.2) is 0 Å². The summed E-state index contributed by atoms with van der Waals surface area (Å²) in [6, 6.07) is 0. The van der Waals surface area contributed by atoms with Crippen LogP contribution in [0.25, 0.3) is 0 Å². The molecule has 3 fully saturated rings. The minimum atomic E-state index is -1.19. The molecule has 3 rings (SSSR count). The minimum Gasteiger partial charge on any atom is -0.366 e. The van der Waals surface area contributed by atoms with E-state index < -0.39 is 68.2 Å². The highest BCUT2D eigenvalue weighted by Gasteiger charge is 2.60. The van der Waals surface area contributed by atoms with Gasteiger partial charge in [0, 0.05) is 0 Å². The van der Waals surface area contributed by atoms with Crippen LogP contribution >= 0.6 is 69.6 Å². The third kappa shape index (κ3) is 2.59. The average molecular weight is 431 g/mol. The number of Topliss-reactive ketones (excluding diaryl/α,β-unsaturated/α-hetero) is 2. The van der Waals surface area contributed by atoms with Gasteiger partial charge in [0.1, 0.15) is 35.2 Å². The summed E-state index contributed by atoms with van der Waals surface area (Å²) >= 11 is 36.9. The van der Waals surface area contributed by atoms with Gasteiger partial charge in [-0.05, 0) is 0 Å². The van der Waals surface area contributed by atoms with Gasteiger partial charge in [0.2, 0.25) is 11.6 Å². The van der Waals surface area contributed by atoms with Crippen LogP contribution in [-0.2, 0) is 19.1 Å². The summed E-state index contributed by atoms with van der Waals surface area (Å²) in [5, 5.41) is -5.03. The first-order valence-electron chi connectivity index (χ1n) is 6.49. The molecule has 10 atom stereocenters. The zero-order valence-corrected chi connectivity index (χ0v) is 15.2. The van der Waals surface area contributed by atoms with Crippen LogP contribution in [0, 0.1) is 0 Å². The van der Waals surface area contributed by atoms with Crippen molar-refractivity contribution < 1.29 is 19.1 Å². The van der Waals surface area contributed by atoms with E-state index in [1.54, 1.807) is 0 Å². The number of fused-ring (bicyclic) bond motifs is 2. The number of ether oxygens (including phenoxy) is 2. The van der Waals surface area contributed by atoms with Crippen molar-refractivity contribution in [2.45, 2.75) is 56.7 Å². The highest BCUT2D eigenvalue weighted by Crippen LogP contribution is 2.44. The van der Waals surface area contributed by atoms with Crippen LogP contribution in [0.5, 0.6) is 0 Å². The number of hydrogen-bond acceptors (Lipinski definition) is 4. The largest absolute Gasteiger partial charge is 0.366 e. The van der Waals surface area contributed by atoms with E-state index in [1.165, 1.54) is 0 Å². The normalized spacial score (nSPS) is 55.5. The fraction of sp³-hybridized carbons (Fsp3) is 0.833. The molecule has 2 aliphatic carbocycles. The average Bonchev–Trinajstić information content (AvgIpc) is 2.52. The van der Waals surface area contributed by atoms with E-state index in [1.807, 2.05) is 0 Å². The number of hydrogen-bond donors (Lipinski definition) is 0. The first kappa shape index (κ1) is 17.8. The molecule has 1 aliphatic heterocycles. The van der Waals surface area contributed by atoms with Gasteiger partial charge >= 0.3 is 0 Å². The number of carbonyl (C=O) groups excluding carboxylic acids is 2. The Morgan fingerprint density at radius 1 is 0.545 bits per heavy atom. The zero-order chi connectivity index (χ0) is 16.3. The van der Waals surface area contributed by atoms with Gasteiger partial charge in [-0.2, -0.15) is 0 Å². The minimum absolute atomic E-state index is 0.645. The van der Waals surface area contributed by atoms with Crippen molar-refractivity contribution in [3.05, 3.63) is 0 Å². The Balaban J connectivity index is 1.91. The van der Waals surface area contributed by atoms with Crippen LogP contribution in [0.1, 0.15) is 0 Å². The second kappa shape index (κ2) is 6.38. The molecule has 2 saturated carbocycles. The molecule has 10 unspecified atom stereocenters. The molecule has 10 heteroatoms. The first-order chi connectivity index (χ1) is 10.3. The summed E-state index contributed by atoms with van der Waals surface area (Å²) in [6.45, 7) is 0. The van der Waals surface area contributed by atoms with E-state index in [4.69, 9.17) is 79.1 Å². The van der Waals surface area contributed by atoms with Gasteiger partial charge in [0.25, 0.3) is 0 Å². The summed E-state index contributed by atoms with van der Waals surface area (Å²) < 4.78 is 11.6. The molecule has 1 heterocycles. The Hall–Kier alpha value is 1.000. The van der Waals surface area contributed by atoms with Crippen molar-refractivity contribution >= 4 is 81.2 Å². The molecular weight excluding hydrogens is 421 g/mol. The van der Waals surface area contributed by atoms with E-state index in [0.717, 1.165) is 0 Å². The SMILES string of the molecule is O=C1C(=O)C(Cl)C2OC3C(Cl)C(Cl)C(Cl)C(Cl)C3OC2C1Cl. The summed E-state index contributed by atoms with van der Waals surface area (Å²) in [5.74, 6) is -1.60. The molecule has 1 saturated heterocycles. The van der Waals surface area contributed by atoms with Gasteiger partial charge in [-0.25, -0.2) is 0 Å². The van der Waals surface area contributed by atoms with E-state index in [0.29, 0.717) is 0 Å². The second-order valence-corrected chi connectivity index (χ2v) is 8.40. The molecule has 0 aromatic heterocycles. The van der Waals surface area contributed by atoms with Crippen LogP contribution in [0.2, 0.25) is 0 Å². The van der Waals surface area contributed by atoms with E-state index >= 15 is 0 Å². The molecule has 0 aromatic carbocycles. The van der Waals surface area contributed by atoms with Crippen molar-refractivity contribution in [3.63, 3.8) is 0 Å². The molecule has 0 aromatic rings. The van der Waals surface area contributed by atoms with Crippen LogP contribution in [0.4, 0.5) is 0 Å². The predicted octanol–water partition coefficient (Wildman–Crippen LogP) is 2.32. The van der Waals surface area contributed by atoms with Gasteiger partial charge in [-0.15, -0.1) is 69.6 Å². The third-order valence-electron chi connectivity index (χ3n) is 4.14. The highest BCUT2D eigenvalue weighted by molar-refractivity contribution is 6.57. The lowest BCUT2D eigenvalue weighted by Crippen LogP contribution is -2.70. The zero-order valence-electron chi connectivity index (χ0n) is 10.7. The maximum absolute atomic E-state index is 11.8. The number of ketones is 2. The quantitative estimate of drug-likeness (QED) is 0.437. The lowest BCUT2D eigenvalue weighted by atomic mass is 9.86. The molecule has 0 bridgehead atoms. The summed E-state index contributed by atoms with van der Waals surface area (Å²) in [4.78, 5) is 23.6. The van der Waals surface area contributed by atoms with Gasteiger partial charge in [-0.3, -0.25) is 9.59 Å². The van der Waals surface area contributed by atoms with Crippen molar-refractivity contribution in [2.24, 2.45) is 0 Å². The molecule has 4 nitrogen and oxygen atoms in total. The molecule has 0 spiro atoms. The van der Waals surface area contributed by atoms with Crippen molar-refractivity contribution in [3.8, 4) is 0 Å². The standard InChI is InChI=1S/C12H10Cl6O4/c13-1-2(14)4(16)10-9(3(1)15)21-11-5(17)7(19)8(20)6(18)12(11)22-10/h1-6,9-12H. The summed E-state index contributed by atoms with van der Waals surface area (Å²) in [5.41, 5.74) is 0. The fourth-order valence-corrected chi connectivity index (χ4v) is 5.03.